The van der Waals surface area contributed by atoms with E-state index in [-0.39, 0.29) is 17.9 Å². The van der Waals surface area contributed by atoms with Crippen LogP contribution in [-0.2, 0) is 4.79 Å². The lowest BCUT2D eigenvalue weighted by Crippen LogP contribution is -2.44. The highest BCUT2D eigenvalue weighted by Gasteiger charge is 2.31. The molecule has 1 heterocycles. The molecule has 2 atom stereocenters. The average Bonchev–Trinajstić information content (AvgIpc) is 2.74. The van der Waals surface area contributed by atoms with Crippen LogP contribution in [0, 0.1) is 11.8 Å². The molecule has 2 fully saturated rings. The van der Waals surface area contributed by atoms with Crippen LogP contribution in [0.1, 0.15) is 51.4 Å². The molecule has 2 amide bonds. The van der Waals surface area contributed by atoms with E-state index in [0.29, 0.717) is 6.54 Å². The lowest BCUT2D eigenvalue weighted by atomic mass is 9.79. The summed E-state index contributed by atoms with van der Waals surface area (Å²) in [4.78, 5) is 25.3. The molecule has 2 rings (SSSR count). The summed E-state index contributed by atoms with van der Waals surface area (Å²) in [6.45, 7) is 2.17. The second kappa shape index (κ2) is 7.50. The molecule has 5 nitrogen and oxygen atoms in total. The number of carboxylic acid groups (broad SMARTS) is 1. The number of amides is 2. The number of carbonyl (C=O) groups excluding carboxylic acids is 1. The second-order valence-corrected chi connectivity index (χ2v) is 6.08. The highest BCUT2D eigenvalue weighted by molar-refractivity contribution is 5.74. The minimum absolute atomic E-state index is 0.0124. The number of likely N-dealkylation sites (tertiary alicyclic amines) is 1. The number of carboxylic acids is 1. The Balaban J connectivity index is 1.80. The van der Waals surface area contributed by atoms with Crippen molar-refractivity contribution in [2.75, 3.05) is 19.6 Å². The summed E-state index contributed by atoms with van der Waals surface area (Å²) in [7, 11) is 0. The molecule has 1 aliphatic carbocycles. The third kappa shape index (κ3) is 4.12. The van der Waals surface area contributed by atoms with Crippen molar-refractivity contribution < 1.29 is 14.7 Å². The van der Waals surface area contributed by atoms with E-state index in [0.717, 1.165) is 51.6 Å². The van der Waals surface area contributed by atoms with Gasteiger partial charge in [0.25, 0.3) is 0 Å². The SMILES string of the molecule is O=C(O)C1CCCCC1CNC(=O)N1CCCCCC1. The minimum atomic E-state index is -0.710. The Morgan fingerprint density at radius 2 is 1.65 bits per heavy atom. The van der Waals surface area contributed by atoms with Gasteiger partial charge < -0.3 is 15.3 Å². The highest BCUT2D eigenvalue weighted by atomic mass is 16.4. The maximum atomic E-state index is 12.1. The van der Waals surface area contributed by atoms with Crippen LogP contribution in [0.4, 0.5) is 4.79 Å². The minimum Gasteiger partial charge on any atom is -0.481 e. The Morgan fingerprint density at radius 3 is 2.30 bits per heavy atom. The molecule has 20 heavy (non-hydrogen) atoms. The van der Waals surface area contributed by atoms with E-state index in [2.05, 4.69) is 5.32 Å². The molecular formula is C15H26N2O3. The van der Waals surface area contributed by atoms with E-state index in [1.807, 2.05) is 4.90 Å². The zero-order valence-electron chi connectivity index (χ0n) is 12.1. The van der Waals surface area contributed by atoms with E-state index in [9.17, 15) is 14.7 Å². The summed E-state index contributed by atoms with van der Waals surface area (Å²) in [5.41, 5.74) is 0. The molecule has 0 radical (unpaired) electrons. The summed E-state index contributed by atoms with van der Waals surface area (Å²) in [6, 6.07) is -0.0124. The Hall–Kier alpha value is -1.26. The molecule has 0 aromatic rings. The first-order valence-electron chi connectivity index (χ1n) is 7.94. The van der Waals surface area contributed by atoms with Gasteiger partial charge in [-0.1, -0.05) is 25.7 Å². The molecule has 0 aromatic carbocycles. The van der Waals surface area contributed by atoms with Crippen LogP contribution in [0.5, 0.6) is 0 Å². The number of carbonyl (C=O) groups is 2. The predicted molar refractivity (Wildman–Crippen MR) is 76.5 cm³/mol. The summed E-state index contributed by atoms with van der Waals surface area (Å²) >= 11 is 0. The Bertz CT molecular complexity index is 338. The molecule has 1 saturated carbocycles. The van der Waals surface area contributed by atoms with E-state index < -0.39 is 5.97 Å². The van der Waals surface area contributed by atoms with Crippen LogP contribution < -0.4 is 5.32 Å². The van der Waals surface area contributed by atoms with Gasteiger partial charge in [0.15, 0.2) is 0 Å². The first kappa shape index (κ1) is 15.1. The van der Waals surface area contributed by atoms with Gasteiger partial charge in [0.1, 0.15) is 0 Å². The Kier molecular flexibility index (Phi) is 5.68. The Labute approximate surface area is 120 Å². The standard InChI is InChI=1S/C15H26N2O3/c18-14(19)13-8-4-3-7-12(13)11-16-15(20)17-9-5-1-2-6-10-17/h12-13H,1-11H2,(H,16,20)(H,18,19). The van der Waals surface area contributed by atoms with Gasteiger partial charge in [-0.3, -0.25) is 4.79 Å². The smallest absolute Gasteiger partial charge is 0.317 e. The maximum absolute atomic E-state index is 12.1. The van der Waals surface area contributed by atoms with Crippen LogP contribution in [-0.4, -0.2) is 41.6 Å². The molecule has 1 aliphatic heterocycles. The van der Waals surface area contributed by atoms with Gasteiger partial charge in [-0.15, -0.1) is 0 Å². The van der Waals surface area contributed by atoms with Gasteiger partial charge in [0, 0.05) is 19.6 Å². The zero-order chi connectivity index (χ0) is 14.4. The molecule has 2 aliphatic rings. The van der Waals surface area contributed by atoms with Crippen molar-refractivity contribution in [3.8, 4) is 0 Å². The third-order valence-electron chi connectivity index (χ3n) is 4.64. The lowest BCUT2D eigenvalue weighted by molar-refractivity contribution is -0.144. The van der Waals surface area contributed by atoms with Crippen LogP contribution >= 0.6 is 0 Å². The zero-order valence-corrected chi connectivity index (χ0v) is 12.1. The topological polar surface area (TPSA) is 69.6 Å². The fourth-order valence-electron chi connectivity index (χ4n) is 3.38. The largest absolute Gasteiger partial charge is 0.481 e. The van der Waals surface area contributed by atoms with Crippen molar-refractivity contribution in [3.63, 3.8) is 0 Å². The monoisotopic (exact) mass is 282 g/mol. The lowest BCUT2D eigenvalue weighted by Gasteiger charge is -2.29. The number of rotatable bonds is 3. The van der Waals surface area contributed by atoms with Gasteiger partial charge in [0.05, 0.1) is 5.92 Å². The fraction of sp³-hybridized carbons (Fsp3) is 0.867. The predicted octanol–water partition coefficient (Wildman–Crippen LogP) is 2.46. The molecule has 5 heteroatoms. The van der Waals surface area contributed by atoms with E-state index in [1.165, 1.54) is 12.8 Å². The van der Waals surface area contributed by atoms with Crippen molar-refractivity contribution in [2.24, 2.45) is 11.8 Å². The Morgan fingerprint density at radius 1 is 1.00 bits per heavy atom. The van der Waals surface area contributed by atoms with Gasteiger partial charge in [-0.05, 0) is 31.6 Å². The van der Waals surface area contributed by atoms with Gasteiger partial charge in [-0.2, -0.15) is 0 Å². The van der Waals surface area contributed by atoms with Crippen molar-refractivity contribution >= 4 is 12.0 Å². The first-order chi connectivity index (χ1) is 9.68. The molecule has 0 spiro atoms. The van der Waals surface area contributed by atoms with E-state index in [1.54, 1.807) is 0 Å². The molecule has 2 unspecified atom stereocenters. The number of hydrogen-bond donors (Lipinski definition) is 2. The number of hydrogen-bond acceptors (Lipinski definition) is 2. The van der Waals surface area contributed by atoms with Gasteiger partial charge in [0.2, 0.25) is 0 Å². The number of urea groups is 1. The maximum Gasteiger partial charge on any atom is 0.317 e. The molecule has 2 N–H and O–H groups in total. The van der Waals surface area contributed by atoms with Crippen LogP contribution in [0.3, 0.4) is 0 Å². The van der Waals surface area contributed by atoms with Crippen LogP contribution in [0.25, 0.3) is 0 Å². The summed E-state index contributed by atoms with van der Waals surface area (Å²) in [5.74, 6) is -0.899. The van der Waals surface area contributed by atoms with E-state index in [4.69, 9.17) is 0 Å². The highest BCUT2D eigenvalue weighted by Crippen LogP contribution is 2.29. The van der Waals surface area contributed by atoms with Crippen molar-refractivity contribution in [1.82, 2.24) is 10.2 Å². The summed E-state index contributed by atoms with van der Waals surface area (Å²) in [6.07, 6.45) is 8.29. The van der Waals surface area contributed by atoms with Crippen molar-refractivity contribution in [2.45, 2.75) is 51.4 Å². The first-order valence-corrected chi connectivity index (χ1v) is 7.94. The second-order valence-electron chi connectivity index (χ2n) is 6.08. The fourth-order valence-corrected chi connectivity index (χ4v) is 3.38. The number of nitrogens with zero attached hydrogens (tertiary/aromatic N) is 1. The number of aliphatic carboxylic acids is 1. The van der Waals surface area contributed by atoms with Gasteiger partial charge in [-0.25, -0.2) is 4.79 Å². The quantitative estimate of drug-likeness (QED) is 0.835. The average molecular weight is 282 g/mol. The molecule has 0 bridgehead atoms. The van der Waals surface area contributed by atoms with Crippen LogP contribution in [0.15, 0.2) is 0 Å². The van der Waals surface area contributed by atoms with Crippen molar-refractivity contribution in [3.05, 3.63) is 0 Å². The normalized spacial score (nSPS) is 27.7. The summed E-state index contributed by atoms with van der Waals surface area (Å²) < 4.78 is 0. The number of nitrogens with one attached hydrogen (secondary N) is 1. The third-order valence-corrected chi connectivity index (χ3v) is 4.64. The van der Waals surface area contributed by atoms with Crippen molar-refractivity contribution in [1.29, 1.82) is 0 Å². The molecule has 1 saturated heterocycles. The molecular weight excluding hydrogens is 256 g/mol. The molecule has 114 valence electrons. The summed E-state index contributed by atoms with van der Waals surface area (Å²) in [5, 5.41) is 12.2. The van der Waals surface area contributed by atoms with Gasteiger partial charge >= 0.3 is 12.0 Å². The molecule has 0 aromatic heterocycles. The van der Waals surface area contributed by atoms with E-state index >= 15 is 0 Å². The van der Waals surface area contributed by atoms with Crippen LogP contribution in [0.2, 0.25) is 0 Å².